The molecule has 0 fully saturated rings. The molecule has 0 saturated carbocycles. The average molecular weight is 310 g/mol. The second-order valence-electron chi connectivity index (χ2n) is 4.64. The number of nitrogens with one attached hydrogen (secondary N) is 1. The van der Waals surface area contributed by atoms with Crippen molar-refractivity contribution in [1.82, 2.24) is 5.32 Å². The summed E-state index contributed by atoms with van der Waals surface area (Å²) in [5.41, 5.74) is 3.23. The molecule has 106 valence electrons. The van der Waals surface area contributed by atoms with Crippen molar-refractivity contribution in [2.45, 2.75) is 20.1 Å². The summed E-state index contributed by atoms with van der Waals surface area (Å²) < 4.78 is 5.88. The third-order valence-corrected chi connectivity index (χ3v) is 3.86. The van der Waals surface area contributed by atoms with Crippen LogP contribution in [0.2, 0.25) is 10.0 Å². The van der Waals surface area contributed by atoms with E-state index in [2.05, 4.69) is 18.3 Å². The molecule has 1 N–H and O–H groups in total. The lowest BCUT2D eigenvalue weighted by Crippen LogP contribution is -2.08. The molecule has 0 aliphatic carbocycles. The van der Waals surface area contributed by atoms with Crippen molar-refractivity contribution >= 4 is 23.2 Å². The highest BCUT2D eigenvalue weighted by Gasteiger charge is 2.07. The Morgan fingerprint density at radius 2 is 1.90 bits per heavy atom. The summed E-state index contributed by atoms with van der Waals surface area (Å²) in [7, 11) is 1.92. The molecule has 0 radical (unpaired) electrons. The largest absolute Gasteiger partial charge is 0.489 e. The van der Waals surface area contributed by atoms with Gasteiger partial charge in [0, 0.05) is 17.7 Å². The Kier molecular flexibility index (Phi) is 5.30. The Bertz CT molecular complexity index is 599. The molecule has 20 heavy (non-hydrogen) atoms. The van der Waals surface area contributed by atoms with E-state index in [9.17, 15) is 0 Å². The van der Waals surface area contributed by atoms with E-state index in [0.717, 1.165) is 23.4 Å². The molecule has 0 atom stereocenters. The van der Waals surface area contributed by atoms with E-state index in [1.54, 1.807) is 6.07 Å². The van der Waals surface area contributed by atoms with E-state index in [1.165, 1.54) is 5.56 Å². The monoisotopic (exact) mass is 309 g/mol. The molecule has 2 aromatic rings. The van der Waals surface area contributed by atoms with E-state index in [1.807, 2.05) is 31.3 Å². The molecule has 0 heterocycles. The first-order valence-electron chi connectivity index (χ1n) is 6.41. The van der Waals surface area contributed by atoms with Crippen LogP contribution in [0.1, 0.15) is 16.7 Å². The molecule has 0 aromatic heterocycles. The zero-order valence-corrected chi connectivity index (χ0v) is 13.1. The summed E-state index contributed by atoms with van der Waals surface area (Å²) in [6.07, 6.45) is 0. The Labute approximate surface area is 129 Å². The molecule has 0 aliphatic rings. The minimum absolute atomic E-state index is 0.402. The molecular weight excluding hydrogens is 293 g/mol. The van der Waals surface area contributed by atoms with Gasteiger partial charge in [0.05, 0.1) is 10.0 Å². The van der Waals surface area contributed by atoms with Crippen LogP contribution in [0.3, 0.4) is 0 Å². The predicted octanol–water partition coefficient (Wildman–Crippen LogP) is 4.60. The summed E-state index contributed by atoms with van der Waals surface area (Å²) in [6, 6.07) is 11.7. The number of hydrogen-bond donors (Lipinski definition) is 1. The summed E-state index contributed by atoms with van der Waals surface area (Å²) in [5, 5.41) is 4.24. The molecule has 2 aromatic carbocycles. The number of rotatable bonds is 5. The highest BCUT2D eigenvalue weighted by atomic mass is 35.5. The number of hydrogen-bond acceptors (Lipinski definition) is 2. The van der Waals surface area contributed by atoms with Gasteiger partial charge in [-0.2, -0.15) is 0 Å². The summed E-state index contributed by atoms with van der Waals surface area (Å²) in [4.78, 5) is 0. The van der Waals surface area contributed by atoms with Crippen LogP contribution in [-0.2, 0) is 13.2 Å². The Hall–Kier alpha value is -1.22. The van der Waals surface area contributed by atoms with Gasteiger partial charge in [-0.15, -0.1) is 0 Å². The molecule has 0 unspecified atom stereocenters. The Morgan fingerprint density at radius 3 is 2.65 bits per heavy atom. The first-order chi connectivity index (χ1) is 9.61. The fourth-order valence-corrected chi connectivity index (χ4v) is 2.37. The SMILES string of the molecule is CNCc1cc(C)ccc1OCc1cccc(Cl)c1Cl. The number of aryl methyl sites for hydroxylation is 1. The molecule has 0 amide bonds. The minimum Gasteiger partial charge on any atom is -0.489 e. The normalized spacial score (nSPS) is 10.6. The standard InChI is InChI=1S/C16H17Cl2NO/c1-11-6-7-15(13(8-11)9-19-2)20-10-12-4-3-5-14(17)16(12)18/h3-8,19H,9-10H2,1-2H3. The van der Waals surface area contributed by atoms with Crippen LogP contribution in [0.5, 0.6) is 5.75 Å². The average Bonchev–Trinajstić information content (AvgIpc) is 2.42. The van der Waals surface area contributed by atoms with Crippen molar-refractivity contribution in [2.75, 3.05) is 7.05 Å². The quantitative estimate of drug-likeness (QED) is 0.871. The van der Waals surface area contributed by atoms with Gasteiger partial charge in [0.25, 0.3) is 0 Å². The number of benzene rings is 2. The van der Waals surface area contributed by atoms with Gasteiger partial charge in [-0.25, -0.2) is 0 Å². The van der Waals surface area contributed by atoms with Crippen LogP contribution in [0.15, 0.2) is 36.4 Å². The van der Waals surface area contributed by atoms with Crippen LogP contribution in [0.4, 0.5) is 0 Å². The van der Waals surface area contributed by atoms with Gasteiger partial charge in [-0.05, 0) is 26.1 Å². The molecule has 2 rings (SSSR count). The minimum atomic E-state index is 0.402. The van der Waals surface area contributed by atoms with Crippen molar-refractivity contribution in [3.8, 4) is 5.75 Å². The molecular formula is C16H17Cl2NO. The molecule has 0 saturated heterocycles. The zero-order chi connectivity index (χ0) is 14.5. The maximum Gasteiger partial charge on any atom is 0.124 e. The molecule has 0 bridgehead atoms. The molecule has 0 spiro atoms. The predicted molar refractivity (Wildman–Crippen MR) is 84.7 cm³/mol. The van der Waals surface area contributed by atoms with Crippen molar-refractivity contribution in [3.63, 3.8) is 0 Å². The lowest BCUT2D eigenvalue weighted by molar-refractivity contribution is 0.302. The van der Waals surface area contributed by atoms with E-state index in [-0.39, 0.29) is 0 Å². The topological polar surface area (TPSA) is 21.3 Å². The lowest BCUT2D eigenvalue weighted by Gasteiger charge is -2.13. The van der Waals surface area contributed by atoms with Gasteiger partial charge in [-0.1, -0.05) is 53.0 Å². The van der Waals surface area contributed by atoms with E-state index in [4.69, 9.17) is 27.9 Å². The second-order valence-corrected chi connectivity index (χ2v) is 5.43. The highest BCUT2D eigenvalue weighted by molar-refractivity contribution is 6.42. The van der Waals surface area contributed by atoms with Crippen molar-refractivity contribution in [1.29, 1.82) is 0 Å². The third-order valence-electron chi connectivity index (χ3n) is 3.00. The van der Waals surface area contributed by atoms with Gasteiger partial charge in [0.15, 0.2) is 0 Å². The first-order valence-corrected chi connectivity index (χ1v) is 7.17. The number of ether oxygens (including phenoxy) is 1. The van der Waals surface area contributed by atoms with Crippen LogP contribution < -0.4 is 10.1 Å². The van der Waals surface area contributed by atoms with Gasteiger partial charge in [-0.3, -0.25) is 0 Å². The second kappa shape index (κ2) is 6.98. The Morgan fingerprint density at radius 1 is 1.10 bits per heavy atom. The van der Waals surface area contributed by atoms with E-state index >= 15 is 0 Å². The van der Waals surface area contributed by atoms with Gasteiger partial charge in [0.1, 0.15) is 12.4 Å². The van der Waals surface area contributed by atoms with Gasteiger partial charge in [0.2, 0.25) is 0 Å². The lowest BCUT2D eigenvalue weighted by atomic mass is 10.1. The van der Waals surface area contributed by atoms with Crippen LogP contribution >= 0.6 is 23.2 Å². The Balaban J connectivity index is 2.16. The van der Waals surface area contributed by atoms with Crippen molar-refractivity contribution in [3.05, 3.63) is 63.1 Å². The molecule has 0 aliphatic heterocycles. The fourth-order valence-electron chi connectivity index (χ4n) is 1.99. The van der Waals surface area contributed by atoms with Gasteiger partial charge < -0.3 is 10.1 Å². The fraction of sp³-hybridized carbons (Fsp3) is 0.250. The van der Waals surface area contributed by atoms with Crippen LogP contribution in [-0.4, -0.2) is 7.05 Å². The van der Waals surface area contributed by atoms with Crippen LogP contribution in [0, 0.1) is 6.92 Å². The maximum absolute atomic E-state index is 6.16. The third kappa shape index (κ3) is 3.66. The molecule has 2 nitrogen and oxygen atoms in total. The smallest absolute Gasteiger partial charge is 0.124 e. The van der Waals surface area contributed by atoms with Crippen molar-refractivity contribution < 1.29 is 4.74 Å². The number of halogens is 2. The first kappa shape index (κ1) is 15.2. The van der Waals surface area contributed by atoms with Gasteiger partial charge >= 0.3 is 0 Å². The van der Waals surface area contributed by atoms with Crippen LogP contribution in [0.25, 0.3) is 0 Å². The van der Waals surface area contributed by atoms with Crippen molar-refractivity contribution in [2.24, 2.45) is 0 Å². The van der Waals surface area contributed by atoms with E-state index in [0.29, 0.717) is 16.7 Å². The molecule has 4 heteroatoms. The summed E-state index contributed by atoms with van der Waals surface area (Å²) in [6.45, 7) is 3.23. The highest BCUT2D eigenvalue weighted by Crippen LogP contribution is 2.27. The van der Waals surface area contributed by atoms with E-state index < -0.39 is 0 Å². The summed E-state index contributed by atoms with van der Waals surface area (Å²) in [5.74, 6) is 0.862. The maximum atomic E-state index is 6.16. The summed E-state index contributed by atoms with van der Waals surface area (Å²) >= 11 is 12.2. The zero-order valence-electron chi connectivity index (χ0n) is 11.5.